The number of aryl methyl sites for hydroxylation is 1. The Morgan fingerprint density at radius 1 is 1.82 bits per heavy atom. The average molecular weight is 169 g/mol. The molecular formula is C8H11NOS. The third kappa shape index (κ3) is 2.13. The van der Waals surface area contributed by atoms with Crippen LogP contribution >= 0.6 is 11.3 Å². The van der Waals surface area contributed by atoms with Crippen LogP contribution in [0.15, 0.2) is 11.1 Å². The Balaban J connectivity index is 2.86. The third-order valence-corrected chi connectivity index (χ3v) is 2.29. The van der Waals surface area contributed by atoms with Gasteiger partial charge in [0.2, 0.25) is 0 Å². The molecule has 0 aromatic carbocycles. The van der Waals surface area contributed by atoms with Crippen molar-refractivity contribution in [2.45, 2.75) is 13.8 Å². The van der Waals surface area contributed by atoms with Crippen LogP contribution in [0.4, 0.5) is 0 Å². The lowest BCUT2D eigenvalue weighted by atomic mass is 10.2. The van der Waals surface area contributed by atoms with Crippen molar-refractivity contribution in [3.8, 4) is 0 Å². The molecule has 0 saturated carbocycles. The second-order valence-corrected chi connectivity index (χ2v) is 3.34. The molecule has 0 amide bonds. The van der Waals surface area contributed by atoms with E-state index in [1.165, 1.54) is 0 Å². The average Bonchev–Trinajstić information content (AvgIpc) is 2.37. The molecule has 0 bridgehead atoms. The maximum Gasteiger partial charge on any atom is 0.0801 e. The van der Waals surface area contributed by atoms with Crippen molar-refractivity contribution in [3.63, 3.8) is 0 Å². The van der Waals surface area contributed by atoms with Crippen molar-refractivity contribution in [1.29, 1.82) is 0 Å². The van der Waals surface area contributed by atoms with E-state index in [1.807, 2.05) is 25.4 Å². The van der Waals surface area contributed by atoms with E-state index in [9.17, 15) is 0 Å². The first-order valence-corrected chi connectivity index (χ1v) is 4.30. The van der Waals surface area contributed by atoms with E-state index in [1.54, 1.807) is 11.3 Å². The molecule has 0 fully saturated rings. The smallest absolute Gasteiger partial charge is 0.0801 e. The summed E-state index contributed by atoms with van der Waals surface area (Å²) in [5.41, 5.74) is 3.81. The molecule has 3 heteroatoms. The topological polar surface area (TPSA) is 33.1 Å². The van der Waals surface area contributed by atoms with Crippen molar-refractivity contribution in [3.05, 3.63) is 21.7 Å². The molecule has 0 unspecified atom stereocenters. The van der Waals surface area contributed by atoms with Crippen molar-refractivity contribution < 1.29 is 5.11 Å². The van der Waals surface area contributed by atoms with Gasteiger partial charge in [-0.3, -0.25) is 0 Å². The maximum atomic E-state index is 8.74. The third-order valence-electron chi connectivity index (χ3n) is 1.41. The molecule has 1 aromatic heterocycles. The Bertz CT molecular complexity index is 265. The number of rotatable bonds is 2. The zero-order valence-electron chi connectivity index (χ0n) is 6.66. The molecule has 0 aliphatic rings. The fourth-order valence-electron chi connectivity index (χ4n) is 0.719. The standard InChI is InChI=1S/C8H11NOS/c1-6(4-10)3-8-7(2)9-5-11-8/h3,5,10H,4H2,1-2H3/b6-3+. The Morgan fingerprint density at radius 2 is 2.55 bits per heavy atom. The number of hydrogen-bond donors (Lipinski definition) is 1. The predicted molar refractivity (Wildman–Crippen MR) is 47.6 cm³/mol. The minimum Gasteiger partial charge on any atom is -0.392 e. The van der Waals surface area contributed by atoms with Gasteiger partial charge in [-0.05, 0) is 25.5 Å². The maximum absolute atomic E-state index is 8.74. The highest BCUT2D eigenvalue weighted by Crippen LogP contribution is 2.15. The number of nitrogens with zero attached hydrogens (tertiary/aromatic N) is 1. The number of aliphatic hydroxyl groups excluding tert-OH is 1. The predicted octanol–water partition coefficient (Wildman–Crippen LogP) is 1.85. The summed E-state index contributed by atoms with van der Waals surface area (Å²) in [6.07, 6.45) is 1.97. The van der Waals surface area contributed by atoms with E-state index in [2.05, 4.69) is 4.98 Å². The molecule has 2 nitrogen and oxygen atoms in total. The van der Waals surface area contributed by atoms with Crippen LogP contribution in [0.1, 0.15) is 17.5 Å². The summed E-state index contributed by atoms with van der Waals surface area (Å²) < 4.78 is 0. The van der Waals surface area contributed by atoms with Crippen LogP contribution in [0.25, 0.3) is 6.08 Å². The van der Waals surface area contributed by atoms with E-state index >= 15 is 0 Å². The summed E-state index contributed by atoms with van der Waals surface area (Å²) in [7, 11) is 0. The SMILES string of the molecule is C/C(=C\c1scnc1C)CO. The first kappa shape index (κ1) is 8.43. The van der Waals surface area contributed by atoms with Gasteiger partial charge in [0.25, 0.3) is 0 Å². The normalized spacial score (nSPS) is 12.1. The highest BCUT2D eigenvalue weighted by Gasteiger charge is 1.96. The van der Waals surface area contributed by atoms with Crippen LogP contribution in [0, 0.1) is 6.92 Å². The summed E-state index contributed by atoms with van der Waals surface area (Å²) in [5.74, 6) is 0. The van der Waals surface area contributed by atoms with E-state index in [-0.39, 0.29) is 6.61 Å². The highest BCUT2D eigenvalue weighted by atomic mass is 32.1. The summed E-state index contributed by atoms with van der Waals surface area (Å²) in [5, 5.41) is 8.74. The van der Waals surface area contributed by atoms with Gasteiger partial charge in [0.05, 0.1) is 17.8 Å². The van der Waals surface area contributed by atoms with E-state index in [0.717, 1.165) is 16.1 Å². The van der Waals surface area contributed by atoms with Gasteiger partial charge < -0.3 is 5.11 Å². The largest absolute Gasteiger partial charge is 0.392 e. The Morgan fingerprint density at radius 3 is 3.00 bits per heavy atom. The van der Waals surface area contributed by atoms with Gasteiger partial charge in [0.1, 0.15) is 0 Å². The lowest BCUT2D eigenvalue weighted by Crippen LogP contribution is -1.83. The number of aromatic nitrogens is 1. The van der Waals surface area contributed by atoms with Crippen molar-refractivity contribution >= 4 is 17.4 Å². The summed E-state index contributed by atoms with van der Waals surface area (Å²) in [4.78, 5) is 5.23. The fourth-order valence-corrected chi connectivity index (χ4v) is 1.54. The Hall–Kier alpha value is -0.670. The fraction of sp³-hybridized carbons (Fsp3) is 0.375. The zero-order valence-corrected chi connectivity index (χ0v) is 7.48. The van der Waals surface area contributed by atoms with Gasteiger partial charge in [-0.2, -0.15) is 0 Å². The molecule has 60 valence electrons. The molecule has 1 aromatic rings. The van der Waals surface area contributed by atoms with Crippen molar-refractivity contribution in [1.82, 2.24) is 4.98 Å². The van der Waals surface area contributed by atoms with Gasteiger partial charge in [0.15, 0.2) is 0 Å². The number of thiazole rings is 1. The summed E-state index contributed by atoms with van der Waals surface area (Å²) in [6.45, 7) is 3.99. The summed E-state index contributed by atoms with van der Waals surface area (Å²) in [6, 6.07) is 0. The van der Waals surface area contributed by atoms with Crippen LogP contribution in [0.2, 0.25) is 0 Å². The van der Waals surface area contributed by atoms with Gasteiger partial charge in [-0.1, -0.05) is 0 Å². The zero-order chi connectivity index (χ0) is 8.27. The van der Waals surface area contributed by atoms with Crippen LogP contribution in [0.5, 0.6) is 0 Å². The molecule has 0 aliphatic heterocycles. The Labute approximate surface area is 70.2 Å². The molecule has 0 spiro atoms. The monoisotopic (exact) mass is 169 g/mol. The van der Waals surface area contributed by atoms with Gasteiger partial charge in [0, 0.05) is 4.88 Å². The lowest BCUT2D eigenvalue weighted by molar-refractivity contribution is 0.332. The summed E-state index contributed by atoms with van der Waals surface area (Å²) >= 11 is 1.59. The number of aliphatic hydroxyl groups is 1. The quantitative estimate of drug-likeness (QED) is 0.733. The van der Waals surface area contributed by atoms with Crippen LogP contribution in [0.3, 0.4) is 0 Å². The van der Waals surface area contributed by atoms with E-state index in [4.69, 9.17) is 5.11 Å². The second-order valence-electron chi connectivity index (χ2n) is 2.45. The Kier molecular flexibility index (Phi) is 2.79. The lowest BCUT2D eigenvalue weighted by Gasteiger charge is -1.92. The molecule has 1 heterocycles. The van der Waals surface area contributed by atoms with Crippen LogP contribution in [-0.2, 0) is 0 Å². The van der Waals surface area contributed by atoms with E-state index in [0.29, 0.717) is 0 Å². The first-order valence-electron chi connectivity index (χ1n) is 3.42. The number of hydrogen-bond acceptors (Lipinski definition) is 3. The van der Waals surface area contributed by atoms with Gasteiger partial charge >= 0.3 is 0 Å². The van der Waals surface area contributed by atoms with Crippen LogP contribution in [-0.4, -0.2) is 16.7 Å². The van der Waals surface area contributed by atoms with Crippen molar-refractivity contribution in [2.75, 3.05) is 6.61 Å². The molecule has 0 atom stereocenters. The van der Waals surface area contributed by atoms with E-state index < -0.39 is 0 Å². The molecule has 0 radical (unpaired) electrons. The van der Waals surface area contributed by atoms with Gasteiger partial charge in [-0.15, -0.1) is 11.3 Å². The minimum atomic E-state index is 0.122. The van der Waals surface area contributed by atoms with Crippen molar-refractivity contribution in [2.24, 2.45) is 0 Å². The molecule has 0 saturated heterocycles. The molecule has 0 aliphatic carbocycles. The first-order chi connectivity index (χ1) is 5.24. The molecule has 1 rings (SSSR count). The van der Waals surface area contributed by atoms with Gasteiger partial charge in [-0.25, -0.2) is 4.98 Å². The molecule has 11 heavy (non-hydrogen) atoms. The molecule has 1 N–H and O–H groups in total. The van der Waals surface area contributed by atoms with Crippen LogP contribution < -0.4 is 0 Å². The second kappa shape index (κ2) is 3.64. The minimum absolute atomic E-state index is 0.122. The highest BCUT2D eigenvalue weighted by molar-refractivity contribution is 7.10. The molecular weight excluding hydrogens is 158 g/mol.